The Morgan fingerprint density at radius 1 is 1.32 bits per heavy atom. The molecule has 1 heterocycles. The van der Waals surface area contributed by atoms with Gasteiger partial charge in [-0.15, -0.1) is 0 Å². The van der Waals surface area contributed by atoms with Crippen LogP contribution in [0.4, 0.5) is 23.2 Å². The van der Waals surface area contributed by atoms with Gasteiger partial charge in [0.15, 0.2) is 0 Å². The number of aliphatic hydroxyl groups is 1. The highest BCUT2D eigenvalue weighted by Gasteiger charge is 2.32. The molecule has 106 valence electrons. The highest BCUT2D eigenvalue weighted by Crippen LogP contribution is 2.34. The summed E-state index contributed by atoms with van der Waals surface area (Å²) >= 11 is 0. The van der Waals surface area contributed by atoms with Crippen LogP contribution in [0.25, 0.3) is 0 Å². The lowest BCUT2D eigenvalue weighted by Gasteiger charge is -2.20. The number of hydrogen-bond donors (Lipinski definition) is 1. The molecule has 6 heteroatoms. The summed E-state index contributed by atoms with van der Waals surface area (Å²) in [5.41, 5.74) is -0.770. The fraction of sp³-hybridized carbons (Fsp3) is 0.538. The molecule has 0 amide bonds. The molecule has 1 fully saturated rings. The maximum atomic E-state index is 13.8. The first-order chi connectivity index (χ1) is 8.91. The molecule has 1 N–H and O–H groups in total. The van der Waals surface area contributed by atoms with Gasteiger partial charge in [0.05, 0.1) is 11.3 Å². The van der Waals surface area contributed by atoms with Gasteiger partial charge >= 0.3 is 6.18 Å². The minimum atomic E-state index is -4.52. The molecule has 1 aromatic carbocycles. The molecule has 0 bridgehead atoms. The SMILES string of the molecule is OCCC1CCN(c2ccc(C(F)(F)F)cc2F)C1. The monoisotopic (exact) mass is 277 g/mol. The highest BCUT2D eigenvalue weighted by molar-refractivity contribution is 5.50. The maximum Gasteiger partial charge on any atom is 0.416 e. The van der Waals surface area contributed by atoms with Crippen molar-refractivity contribution in [3.05, 3.63) is 29.6 Å². The van der Waals surface area contributed by atoms with Crippen LogP contribution >= 0.6 is 0 Å². The molecule has 0 saturated carbocycles. The van der Waals surface area contributed by atoms with E-state index >= 15 is 0 Å². The lowest BCUT2D eigenvalue weighted by Crippen LogP contribution is -2.21. The van der Waals surface area contributed by atoms with E-state index in [0.29, 0.717) is 25.6 Å². The lowest BCUT2D eigenvalue weighted by molar-refractivity contribution is -0.137. The van der Waals surface area contributed by atoms with E-state index in [9.17, 15) is 17.6 Å². The summed E-state index contributed by atoms with van der Waals surface area (Å²) in [7, 11) is 0. The second-order valence-electron chi connectivity index (χ2n) is 4.78. The third-order valence-electron chi connectivity index (χ3n) is 3.44. The topological polar surface area (TPSA) is 23.5 Å². The Morgan fingerprint density at radius 3 is 2.63 bits per heavy atom. The van der Waals surface area contributed by atoms with E-state index in [4.69, 9.17) is 5.11 Å². The number of alkyl halides is 3. The molecule has 1 saturated heterocycles. The van der Waals surface area contributed by atoms with Gasteiger partial charge in [0, 0.05) is 19.7 Å². The average Bonchev–Trinajstić information content (AvgIpc) is 2.76. The van der Waals surface area contributed by atoms with Crippen LogP contribution < -0.4 is 4.90 Å². The number of nitrogens with zero attached hydrogens (tertiary/aromatic N) is 1. The Labute approximate surface area is 108 Å². The molecule has 0 aromatic heterocycles. The normalized spacial score (nSPS) is 20.1. The van der Waals surface area contributed by atoms with Crippen LogP contribution in [-0.4, -0.2) is 24.8 Å². The van der Waals surface area contributed by atoms with Gasteiger partial charge in [-0.05, 0) is 37.0 Å². The quantitative estimate of drug-likeness (QED) is 0.858. The zero-order valence-electron chi connectivity index (χ0n) is 10.3. The molecular weight excluding hydrogens is 262 g/mol. The predicted molar refractivity (Wildman–Crippen MR) is 63.4 cm³/mol. The summed E-state index contributed by atoms with van der Waals surface area (Å²) in [5.74, 6) is -0.578. The predicted octanol–water partition coefficient (Wildman–Crippen LogP) is 3.05. The van der Waals surface area contributed by atoms with Crippen molar-refractivity contribution >= 4 is 5.69 Å². The third-order valence-corrected chi connectivity index (χ3v) is 3.44. The molecule has 0 radical (unpaired) electrons. The first-order valence-electron chi connectivity index (χ1n) is 6.14. The van der Waals surface area contributed by atoms with E-state index in [0.717, 1.165) is 12.5 Å². The van der Waals surface area contributed by atoms with Crippen molar-refractivity contribution in [3.63, 3.8) is 0 Å². The van der Waals surface area contributed by atoms with E-state index in [1.807, 2.05) is 0 Å². The summed E-state index contributed by atoms with van der Waals surface area (Å²) in [6, 6.07) is 2.62. The zero-order valence-corrected chi connectivity index (χ0v) is 10.3. The van der Waals surface area contributed by atoms with Crippen LogP contribution in [0.15, 0.2) is 18.2 Å². The Balaban J connectivity index is 2.14. The van der Waals surface area contributed by atoms with Gasteiger partial charge < -0.3 is 10.0 Å². The molecule has 2 rings (SSSR count). The van der Waals surface area contributed by atoms with Crippen LogP contribution in [0.1, 0.15) is 18.4 Å². The van der Waals surface area contributed by atoms with E-state index in [-0.39, 0.29) is 18.2 Å². The molecule has 19 heavy (non-hydrogen) atoms. The Kier molecular flexibility index (Phi) is 3.99. The molecule has 0 spiro atoms. The number of halogens is 4. The number of aliphatic hydroxyl groups excluding tert-OH is 1. The molecule has 1 unspecified atom stereocenters. The standard InChI is InChI=1S/C13H15F4NO/c14-11-7-10(13(15,16)17)1-2-12(11)18-5-3-9(8-18)4-6-19/h1-2,7,9,19H,3-6,8H2. The van der Waals surface area contributed by atoms with Crippen molar-refractivity contribution in [3.8, 4) is 0 Å². The van der Waals surface area contributed by atoms with Gasteiger partial charge in [-0.2, -0.15) is 13.2 Å². The van der Waals surface area contributed by atoms with Crippen LogP contribution in [0, 0.1) is 11.7 Å². The molecule has 1 atom stereocenters. The number of anilines is 1. The van der Waals surface area contributed by atoms with E-state index in [1.165, 1.54) is 6.07 Å². The summed E-state index contributed by atoms with van der Waals surface area (Å²) < 4.78 is 51.0. The van der Waals surface area contributed by atoms with Crippen molar-refractivity contribution in [2.75, 3.05) is 24.6 Å². The Morgan fingerprint density at radius 2 is 2.05 bits per heavy atom. The van der Waals surface area contributed by atoms with E-state index < -0.39 is 17.6 Å². The van der Waals surface area contributed by atoms with Gasteiger partial charge in [-0.1, -0.05) is 0 Å². The summed E-state index contributed by atoms with van der Waals surface area (Å²) in [6.45, 7) is 1.25. The van der Waals surface area contributed by atoms with E-state index in [2.05, 4.69) is 0 Å². The van der Waals surface area contributed by atoms with Gasteiger partial charge in [0.25, 0.3) is 0 Å². The van der Waals surface area contributed by atoms with Gasteiger partial charge in [0.1, 0.15) is 5.82 Å². The Hall–Kier alpha value is -1.30. The largest absolute Gasteiger partial charge is 0.416 e. The second-order valence-corrected chi connectivity index (χ2v) is 4.78. The minimum Gasteiger partial charge on any atom is -0.396 e. The lowest BCUT2D eigenvalue weighted by atomic mass is 10.1. The summed E-state index contributed by atoms with van der Waals surface area (Å²) in [4.78, 5) is 1.73. The first kappa shape index (κ1) is 14.1. The zero-order chi connectivity index (χ0) is 14.0. The third kappa shape index (κ3) is 3.18. The first-order valence-corrected chi connectivity index (χ1v) is 6.14. The fourth-order valence-corrected chi connectivity index (χ4v) is 2.41. The van der Waals surface area contributed by atoms with Crippen molar-refractivity contribution in [1.82, 2.24) is 0 Å². The van der Waals surface area contributed by atoms with Crippen LogP contribution in [0.5, 0.6) is 0 Å². The molecular formula is C13H15F4NO. The average molecular weight is 277 g/mol. The van der Waals surface area contributed by atoms with E-state index in [1.54, 1.807) is 4.90 Å². The summed E-state index contributed by atoms with van der Waals surface area (Å²) in [5, 5.41) is 8.85. The van der Waals surface area contributed by atoms with Gasteiger partial charge in [-0.3, -0.25) is 0 Å². The van der Waals surface area contributed by atoms with Crippen molar-refractivity contribution in [2.45, 2.75) is 19.0 Å². The van der Waals surface area contributed by atoms with Crippen LogP contribution in [0.3, 0.4) is 0 Å². The van der Waals surface area contributed by atoms with Crippen molar-refractivity contribution in [1.29, 1.82) is 0 Å². The maximum absolute atomic E-state index is 13.8. The highest BCUT2D eigenvalue weighted by atomic mass is 19.4. The van der Waals surface area contributed by atoms with Gasteiger partial charge in [0.2, 0.25) is 0 Å². The second kappa shape index (κ2) is 5.36. The van der Waals surface area contributed by atoms with Crippen molar-refractivity contribution < 1.29 is 22.7 Å². The van der Waals surface area contributed by atoms with Gasteiger partial charge in [-0.25, -0.2) is 4.39 Å². The number of benzene rings is 1. The molecule has 0 aliphatic carbocycles. The summed E-state index contributed by atoms with van der Waals surface area (Å²) in [6.07, 6.45) is -3.07. The smallest absolute Gasteiger partial charge is 0.396 e. The van der Waals surface area contributed by atoms with Crippen LogP contribution in [-0.2, 0) is 6.18 Å². The number of hydrogen-bond acceptors (Lipinski definition) is 2. The fourth-order valence-electron chi connectivity index (χ4n) is 2.41. The molecule has 1 aliphatic heterocycles. The number of rotatable bonds is 3. The van der Waals surface area contributed by atoms with Crippen molar-refractivity contribution in [2.24, 2.45) is 5.92 Å². The molecule has 2 nitrogen and oxygen atoms in total. The molecule has 1 aromatic rings. The minimum absolute atomic E-state index is 0.0774. The Bertz CT molecular complexity index is 447. The molecule has 1 aliphatic rings. The van der Waals surface area contributed by atoms with Crippen LogP contribution in [0.2, 0.25) is 0 Å².